The zero-order valence-corrected chi connectivity index (χ0v) is 13.6. The first-order valence-corrected chi connectivity index (χ1v) is 7.46. The molecule has 0 spiro atoms. The number of hydrogen-bond donors (Lipinski definition) is 2. The SMILES string of the molecule is CC.CC(=O)c1cncnc1NCCS.CCCC. The molecule has 0 unspecified atom stereocenters. The normalized spacial score (nSPS) is 8.53. The van der Waals surface area contributed by atoms with Gasteiger partial charge in [-0.05, 0) is 6.92 Å². The lowest BCUT2D eigenvalue weighted by atomic mass is 10.2. The summed E-state index contributed by atoms with van der Waals surface area (Å²) in [5, 5.41) is 3.00. The van der Waals surface area contributed by atoms with Crippen molar-refractivity contribution in [3.05, 3.63) is 18.1 Å². The maximum absolute atomic E-state index is 11.1. The molecule has 0 aliphatic carbocycles. The van der Waals surface area contributed by atoms with Crippen LogP contribution in [0.4, 0.5) is 5.82 Å². The third-order valence-electron chi connectivity index (χ3n) is 2.00. The molecule has 0 aliphatic heterocycles. The van der Waals surface area contributed by atoms with Crippen molar-refractivity contribution in [2.75, 3.05) is 17.6 Å². The van der Waals surface area contributed by atoms with Crippen LogP contribution in [0.5, 0.6) is 0 Å². The van der Waals surface area contributed by atoms with Crippen LogP contribution >= 0.6 is 12.6 Å². The van der Waals surface area contributed by atoms with Gasteiger partial charge in [-0.15, -0.1) is 0 Å². The molecule has 4 nitrogen and oxygen atoms in total. The number of thiol groups is 1. The first kappa shape index (κ1) is 20.2. The summed E-state index contributed by atoms with van der Waals surface area (Å²) >= 11 is 4.05. The fraction of sp³-hybridized carbons (Fsp3) is 0.643. The number of unbranched alkanes of at least 4 members (excludes halogenated alkanes) is 1. The average molecular weight is 285 g/mol. The summed E-state index contributed by atoms with van der Waals surface area (Å²) in [5.41, 5.74) is 0.518. The number of carbonyl (C=O) groups excluding carboxylic acids is 1. The van der Waals surface area contributed by atoms with Crippen molar-refractivity contribution in [1.82, 2.24) is 9.97 Å². The van der Waals surface area contributed by atoms with Gasteiger partial charge in [0.1, 0.15) is 12.1 Å². The molecular formula is C14H27N3OS. The van der Waals surface area contributed by atoms with Crippen LogP contribution < -0.4 is 5.32 Å². The second kappa shape index (κ2) is 15.0. The second-order valence-electron chi connectivity index (χ2n) is 3.49. The Labute approximate surface area is 122 Å². The van der Waals surface area contributed by atoms with Gasteiger partial charge >= 0.3 is 0 Å². The maximum atomic E-state index is 11.1. The van der Waals surface area contributed by atoms with Crippen LogP contribution in [0, 0.1) is 0 Å². The van der Waals surface area contributed by atoms with Gasteiger partial charge in [-0.2, -0.15) is 12.6 Å². The Kier molecular flexibility index (Phi) is 15.9. The van der Waals surface area contributed by atoms with E-state index in [0.717, 1.165) is 0 Å². The van der Waals surface area contributed by atoms with Crippen LogP contribution in [0.15, 0.2) is 12.5 Å². The standard InChI is InChI=1S/C8H11N3OS.C4H10.C2H6/c1-6(12)7-4-9-5-11-8(7)10-2-3-13;1-3-4-2;1-2/h4-5,13H,2-3H2,1H3,(H,9,10,11);3-4H2,1-2H3;1-2H3. The second-order valence-corrected chi connectivity index (χ2v) is 3.94. The lowest BCUT2D eigenvalue weighted by Gasteiger charge is -2.05. The van der Waals surface area contributed by atoms with Crippen molar-refractivity contribution in [3.63, 3.8) is 0 Å². The van der Waals surface area contributed by atoms with Gasteiger partial charge in [0.25, 0.3) is 0 Å². The Bertz CT molecular complexity index is 330. The van der Waals surface area contributed by atoms with Gasteiger partial charge < -0.3 is 5.32 Å². The molecule has 1 rings (SSSR count). The molecule has 0 aliphatic rings. The van der Waals surface area contributed by atoms with E-state index in [1.54, 1.807) is 0 Å². The molecule has 1 heterocycles. The monoisotopic (exact) mass is 285 g/mol. The summed E-state index contributed by atoms with van der Waals surface area (Å²) in [6.45, 7) is 10.5. The van der Waals surface area contributed by atoms with Crippen LogP contribution in [0.25, 0.3) is 0 Å². The number of anilines is 1. The Morgan fingerprint density at radius 3 is 2.32 bits per heavy atom. The van der Waals surface area contributed by atoms with Gasteiger partial charge in [0.2, 0.25) is 0 Å². The summed E-state index contributed by atoms with van der Waals surface area (Å²) < 4.78 is 0. The molecule has 1 aromatic heterocycles. The highest BCUT2D eigenvalue weighted by molar-refractivity contribution is 7.80. The van der Waals surface area contributed by atoms with Gasteiger partial charge in [0.05, 0.1) is 5.56 Å². The highest BCUT2D eigenvalue weighted by atomic mass is 32.1. The van der Waals surface area contributed by atoms with E-state index in [9.17, 15) is 4.79 Å². The molecule has 0 saturated heterocycles. The summed E-state index contributed by atoms with van der Waals surface area (Å²) in [6, 6.07) is 0. The number of nitrogens with one attached hydrogen (secondary N) is 1. The average Bonchev–Trinajstić information content (AvgIpc) is 2.47. The number of carbonyl (C=O) groups is 1. The topological polar surface area (TPSA) is 54.9 Å². The maximum Gasteiger partial charge on any atom is 0.165 e. The molecule has 110 valence electrons. The van der Waals surface area contributed by atoms with Crippen LogP contribution in [-0.4, -0.2) is 28.0 Å². The first-order valence-electron chi connectivity index (χ1n) is 6.82. The molecule has 0 radical (unpaired) electrons. The molecule has 0 atom stereocenters. The van der Waals surface area contributed by atoms with Crippen LogP contribution in [0.3, 0.4) is 0 Å². The third kappa shape index (κ3) is 10.5. The fourth-order valence-corrected chi connectivity index (χ4v) is 1.01. The fourth-order valence-electron chi connectivity index (χ4n) is 0.902. The predicted molar refractivity (Wildman–Crippen MR) is 86.3 cm³/mol. The van der Waals surface area contributed by atoms with E-state index >= 15 is 0 Å². The molecule has 1 aromatic rings. The number of ketones is 1. The molecule has 5 heteroatoms. The van der Waals surface area contributed by atoms with Crippen molar-refractivity contribution >= 4 is 24.2 Å². The van der Waals surface area contributed by atoms with Gasteiger partial charge in [-0.3, -0.25) is 4.79 Å². The molecular weight excluding hydrogens is 258 g/mol. The minimum absolute atomic E-state index is 0.0396. The minimum atomic E-state index is -0.0396. The summed E-state index contributed by atoms with van der Waals surface area (Å²) in [7, 11) is 0. The number of hydrogen-bond acceptors (Lipinski definition) is 5. The summed E-state index contributed by atoms with van der Waals surface area (Å²) in [6.07, 6.45) is 5.56. The Morgan fingerprint density at radius 1 is 1.32 bits per heavy atom. The van der Waals surface area contributed by atoms with E-state index in [1.165, 1.54) is 32.3 Å². The Morgan fingerprint density at radius 2 is 1.89 bits per heavy atom. The van der Waals surface area contributed by atoms with Crippen LogP contribution in [0.1, 0.15) is 57.8 Å². The molecule has 19 heavy (non-hydrogen) atoms. The Hall–Kier alpha value is -1.10. The molecule has 0 amide bonds. The molecule has 0 saturated carbocycles. The summed E-state index contributed by atoms with van der Waals surface area (Å²) in [4.78, 5) is 18.8. The molecule has 0 bridgehead atoms. The third-order valence-corrected chi connectivity index (χ3v) is 2.22. The van der Waals surface area contributed by atoms with E-state index in [1.807, 2.05) is 13.8 Å². The van der Waals surface area contributed by atoms with E-state index in [2.05, 4.69) is 41.8 Å². The van der Waals surface area contributed by atoms with Gasteiger partial charge in [0, 0.05) is 18.5 Å². The lowest BCUT2D eigenvalue weighted by molar-refractivity contribution is 0.101. The van der Waals surface area contributed by atoms with Crippen molar-refractivity contribution < 1.29 is 4.79 Å². The van der Waals surface area contributed by atoms with Crippen molar-refractivity contribution in [2.24, 2.45) is 0 Å². The minimum Gasteiger partial charge on any atom is -0.369 e. The zero-order chi connectivity index (χ0) is 15.1. The zero-order valence-electron chi connectivity index (χ0n) is 12.7. The van der Waals surface area contributed by atoms with Gasteiger partial charge in [0.15, 0.2) is 5.78 Å². The van der Waals surface area contributed by atoms with Gasteiger partial charge in [-0.1, -0.05) is 40.5 Å². The Balaban J connectivity index is 0. The van der Waals surface area contributed by atoms with E-state index in [-0.39, 0.29) is 5.78 Å². The largest absolute Gasteiger partial charge is 0.369 e. The quantitative estimate of drug-likeness (QED) is 0.637. The van der Waals surface area contributed by atoms with Crippen molar-refractivity contribution in [1.29, 1.82) is 0 Å². The molecule has 0 fully saturated rings. The molecule has 0 aromatic carbocycles. The number of rotatable bonds is 5. The van der Waals surface area contributed by atoms with Crippen molar-refractivity contribution in [2.45, 2.75) is 47.5 Å². The first-order chi connectivity index (χ1) is 9.17. The lowest BCUT2D eigenvalue weighted by Crippen LogP contribution is -2.09. The number of Topliss-reactive ketones (excluding diaryl/α,β-unsaturated/α-hetero) is 1. The highest BCUT2D eigenvalue weighted by Crippen LogP contribution is 2.09. The van der Waals surface area contributed by atoms with E-state index in [0.29, 0.717) is 23.7 Å². The summed E-state index contributed by atoms with van der Waals surface area (Å²) in [5.74, 6) is 1.24. The van der Waals surface area contributed by atoms with Crippen LogP contribution in [-0.2, 0) is 0 Å². The molecule has 1 N–H and O–H groups in total. The predicted octanol–water partition coefficient (Wildman–Crippen LogP) is 3.85. The smallest absolute Gasteiger partial charge is 0.165 e. The number of aromatic nitrogens is 2. The van der Waals surface area contributed by atoms with Crippen LogP contribution in [0.2, 0.25) is 0 Å². The van der Waals surface area contributed by atoms with Crippen molar-refractivity contribution in [3.8, 4) is 0 Å². The van der Waals surface area contributed by atoms with E-state index < -0.39 is 0 Å². The number of nitrogens with zero attached hydrogens (tertiary/aromatic N) is 2. The van der Waals surface area contributed by atoms with Gasteiger partial charge in [-0.25, -0.2) is 9.97 Å². The van der Waals surface area contributed by atoms with E-state index in [4.69, 9.17) is 0 Å². The highest BCUT2D eigenvalue weighted by Gasteiger charge is 2.06.